The quantitative estimate of drug-likeness (QED) is 0.676. The van der Waals surface area contributed by atoms with E-state index in [1.807, 2.05) is 43.0 Å². The molecule has 1 saturated carbocycles. The summed E-state index contributed by atoms with van der Waals surface area (Å²) >= 11 is 0. The van der Waals surface area contributed by atoms with Crippen LogP contribution in [0.25, 0.3) is 0 Å². The van der Waals surface area contributed by atoms with Crippen molar-refractivity contribution in [3.8, 4) is 5.75 Å². The van der Waals surface area contributed by atoms with Gasteiger partial charge in [-0.05, 0) is 49.9 Å². The van der Waals surface area contributed by atoms with E-state index in [1.54, 1.807) is 7.11 Å². The normalized spacial score (nSPS) is 14.9. The fraction of sp³-hybridized carbons (Fsp3) is 0.579. The molecule has 0 aromatic heterocycles. The Bertz CT molecular complexity index is 570. The Kier molecular flexibility index (Phi) is 7.25. The molecule has 1 aromatic rings. The maximum absolute atomic E-state index is 12.5. The highest BCUT2D eigenvalue weighted by Gasteiger charge is 2.33. The average Bonchev–Trinajstić information content (AvgIpc) is 3.44. The molecule has 0 radical (unpaired) electrons. The number of hydrogen-bond acceptors (Lipinski definition) is 4. The van der Waals surface area contributed by atoms with Crippen molar-refractivity contribution in [3.05, 3.63) is 29.8 Å². The van der Waals surface area contributed by atoms with Gasteiger partial charge < -0.3 is 15.4 Å². The number of nitrogens with one attached hydrogen (secondary N) is 2. The first-order chi connectivity index (χ1) is 12.1. The zero-order valence-corrected chi connectivity index (χ0v) is 15.4. The molecule has 1 aliphatic carbocycles. The summed E-state index contributed by atoms with van der Waals surface area (Å²) in [7, 11) is 1.64. The summed E-state index contributed by atoms with van der Waals surface area (Å²) in [6.07, 6.45) is 2.26. The Morgan fingerprint density at radius 3 is 2.32 bits per heavy atom. The molecule has 138 valence electrons. The number of nitrogens with zero attached hydrogens (tertiary/aromatic N) is 1. The molecular formula is C19H29N3O3. The lowest BCUT2D eigenvalue weighted by Gasteiger charge is -2.23. The second kappa shape index (κ2) is 9.42. The van der Waals surface area contributed by atoms with Crippen LogP contribution >= 0.6 is 0 Å². The smallest absolute Gasteiger partial charge is 0.234 e. The minimum absolute atomic E-state index is 0.0292. The number of benzene rings is 1. The number of rotatable bonds is 10. The van der Waals surface area contributed by atoms with E-state index < -0.39 is 0 Å². The summed E-state index contributed by atoms with van der Waals surface area (Å²) in [4.78, 5) is 26.0. The minimum atomic E-state index is -0.0500. The molecule has 1 fully saturated rings. The number of hydrogen-bond donors (Lipinski definition) is 2. The zero-order chi connectivity index (χ0) is 18.2. The van der Waals surface area contributed by atoms with Gasteiger partial charge in [-0.25, -0.2) is 0 Å². The van der Waals surface area contributed by atoms with E-state index in [4.69, 9.17) is 4.74 Å². The second-order valence-corrected chi connectivity index (χ2v) is 6.41. The Hall–Kier alpha value is -2.08. The summed E-state index contributed by atoms with van der Waals surface area (Å²) in [6, 6.07) is 7.89. The van der Waals surface area contributed by atoms with Gasteiger partial charge >= 0.3 is 0 Å². The molecule has 2 amide bonds. The van der Waals surface area contributed by atoms with Crippen LogP contribution in [-0.4, -0.2) is 50.0 Å². The van der Waals surface area contributed by atoms with Gasteiger partial charge in [0.15, 0.2) is 0 Å². The van der Waals surface area contributed by atoms with Gasteiger partial charge in [0.25, 0.3) is 0 Å². The third-order valence-electron chi connectivity index (χ3n) is 4.44. The van der Waals surface area contributed by atoms with Gasteiger partial charge in [-0.3, -0.25) is 14.5 Å². The SMILES string of the molecule is CCNC(=O)CN(CC)CC(=O)NC(c1ccc(OC)cc1)C1CC1. The van der Waals surface area contributed by atoms with E-state index >= 15 is 0 Å². The van der Waals surface area contributed by atoms with Crippen LogP contribution in [0.4, 0.5) is 0 Å². The Balaban J connectivity index is 1.94. The molecule has 1 atom stereocenters. The van der Waals surface area contributed by atoms with Crippen LogP contribution in [0.15, 0.2) is 24.3 Å². The molecule has 6 heteroatoms. The van der Waals surface area contributed by atoms with Crippen LogP contribution in [0.5, 0.6) is 5.75 Å². The van der Waals surface area contributed by atoms with Crippen molar-refractivity contribution in [1.29, 1.82) is 0 Å². The van der Waals surface area contributed by atoms with E-state index in [1.165, 1.54) is 0 Å². The van der Waals surface area contributed by atoms with Gasteiger partial charge in [-0.15, -0.1) is 0 Å². The first-order valence-electron chi connectivity index (χ1n) is 8.99. The van der Waals surface area contributed by atoms with Gasteiger partial charge in [0.05, 0.1) is 26.2 Å². The number of methoxy groups -OCH3 is 1. The summed E-state index contributed by atoms with van der Waals surface area (Å²) < 4.78 is 5.20. The zero-order valence-electron chi connectivity index (χ0n) is 15.4. The molecule has 2 N–H and O–H groups in total. The topological polar surface area (TPSA) is 70.7 Å². The fourth-order valence-electron chi connectivity index (χ4n) is 2.87. The Morgan fingerprint density at radius 2 is 1.80 bits per heavy atom. The molecule has 6 nitrogen and oxygen atoms in total. The summed E-state index contributed by atoms with van der Waals surface area (Å²) in [5, 5.41) is 5.91. The van der Waals surface area contributed by atoms with E-state index in [-0.39, 0.29) is 30.9 Å². The van der Waals surface area contributed by atoms with Crippen LogP contribution in [0.3, 0.4) is 0 Å². The lowest BCUT2D eigenvalue weighted by Crippen LogP contribution is -2.43. The third-order valence-corrected chi connectivity index (χ3v) is 4.44. The van der Waals surface area contributed by atoms with Crippen molar-refractivity contribution in [2.75, 3.05) is 33.3 Å². The predicted octanol–water partition coefficient (Wildman–Crippen LogP) is 1.72. The maximum atomic E-state index is 12.5. The second-order valence-electron chi connectivity index (χ2n) is 6.41. The van der Waals surface area contributed by atoms with Crippen molar-refractivity contribution in [1.82, 2.24) is 15.5 Å². The van der Waals surface area contributed by atoms with Crippen molar-refractivity contribution in [2.45, 2.75) is 32.7 Å². The van der Waals surface area contributed by atoms with E-state index in [0.29, 0.717) is 19.0 Å². The Labute approximate surface area is 149 Å². The van der Waals surface area contributed by atoms with Crippen LogP contribution in [0.1, 0.15) is 38.3 Å². The number of likely N-dealkylation sites (N-methyl/N-ethyl adjacent to an activating group) is 2. The van der Waals surface area contributed by atoms with Crippen molar-refractivity contribution < 1.29 is 14.3 Å². The molecule has 0 saturated heterocycles. The average molecular weight is 347 g/mol. The van der Waals surface area contributed by atoms with Crippen LogP contribution in [0, 0.1) is 5.92 Å². The van der Waals surface area contributed by atoms with Gasteiger partial charge in [-0.1, -0.05) is 19.1 Å². The molecule has 1 aliphatic rings. The Morgan fingerprint density at radius 1 is 1.16 bits per heavy atom. The molecule has 0 heterocycles. The van der Waals surface area contributed by atoms with Gasteiger partial charge in [0, 0.05) is 6.54 Å². The van der Waals surface area contributed by atoms with E-state index in [0.717, 1.165) is 24.2 Å². The fourth-order valence-corrected chi connectivity index (χ4v) is 2.87. The monoisotopic (exact) mass is 347 g/mol. The number of carbonyl (C=O) groups excluding carboxylic acids is 2. The maximum Gasteiger partial charge on any atom is 0.234 e. The van der Waals surface area contributed by atoms with Crippen LogP contribution in [0.2, 0.25) is 0 Å². The highest BCUT2D eigenvalue weighted by molar-refractivity contribution is 5.81. The largest absolute Gasteiger partial charge is 0.497 e. The highest BCUT2D eigenvalue weighted by atomic mass is 16.5. The molecule has 2 rings (SSSR count). The molecule has 0 bridgehead atoms. The summed E-state index contributed by atoms with van der Waals surface area (Å²) in [5.41, 5.74) is 1.10. The molecule has 1 unspecified atom stereocenters. The third kappa shape index (κ3) is 6.05. The van der Waals surface area contributed by atoms with E-state index in [9.17, 15) is 9.59 Å². The minimum Gasteiger partial charge on any atom is -0.497 e. The predicted molar refractivity (Wildman–Crippen MR) is 97.4 cm³/mol. The highest BCUT2D eigenvalue weighted by Crippen LogP contribution is 2.41. The molecule has 25 heavy (non-hydrogen) atoms. The summed E-state index contributed by atoms with van der Waals surface area (Å²) in [6.45, 7) is 5.57. The van der Waals surface area contributed by atoms with Gasteiger partial charge in [0.2, 0.25) is 11.8 Å². The van der Waals surface area contributed by atoms with Crippen LogP contribution in [-0.2, 0) is 9.59 Å². The number of amides is 2. The lowest BCUT2D eigenvalue weighted by atomic mass is 10.0. The standard InChI is InChI=1S/C19H29N3O3/c1-4-20-17(23)12-22(5-2)13-18(24)21-19(14-6-7-14)15-8-10-16(25-3)11-9-15/h8-11,14,19H,4-7,12-13H2,1-3H3,(H,20,23)(H,21,24). The van der Waals surface area contributed by atoms with Gasteiger partial charge in [0.1, 0.15) is 5.75 Å². The molecule has 0 aliphatic heterocycles. The van der Waals surface area contributed by atoms with Gasteiger partial charge in [-0.2, -0.15) is 0 Å². The van der Waals surface area contributed by atoms with E-state index in [2.05, 4.69) is 10.6 Å². The molecular weight excluding hydrogens is 318 g/mol. The lowest BCUT2D eigenvalue weighted by molar-refractivity contribution is -0.125. The van der Waals surface area contributed by atoms with Crippen molar-refractivity contribution >= 4 is 11.8 Å². The molecule has 0 spiro atoms. The van der Waals surface area contributed by atoms with Crippen molar-refractivity contribution in [3.63, 3.8) is 0 Å². The van der Waals surface area contributed by atoms with Crippen molar-refractivity contribution in [2.24, 2.45) is 5.92 Å². The number of carbonyl (C=O) groups is 2. The molecule has 1 aromatic carbocycles. The first-order valence-corrected chi connectivity index (χ1v) is 8.99. The number of ether oxygens (including phenoxy) is 1. The summed E-state index contributed by atoms with van der Waals surface area (Å²) in [5.74, 6) is 1.21. The first kappa shape index (κ1) is 19.2. The van der Waals surface area contributed by atoms with Crippen LogP contribution < -0.4 is 15.4 Å².